The summed E-state index contributed by atoms with van der Waals surface area (Å²) in [6.45, 7) is 3.49. The van der Waals surface area contributed by atoms with E-state index in [1.165, 1.54) is 28.3 Å². The summed E-state index contributed by atoms with van der Waals surface area (Å²) in [6, 6.07) is 2.84. The molecule has 27 heavy (non-hydrogen) atoms. The van der Waals surface area contributed by atoms with Crippen molar-refractivity contribution >= 4 is 17.9 Å². The maximum absolute atomic E-state index is 12.0. The van der Waals surface area contributed by atoms with Gasteiger partial charge in [-0.3, -0.25) is 14.9 Å². The highest BCUT2D eigenvalue weighted by Crippen LogP contribution is 2.38. The molecule has 0 spiro atoms. The number of carbonyl (C=O) groups excluding carboxylic acids is 3. The van der Waals surface area contributed by atoms with Gasteiger partial charge in [0, 0.05) is 13.0 Å². The van der Waals surface area contributed by atoms with Crippen LogP contribution in [0.25, 0.3) is 0 Å². The largest absolute Gasteiger partial charge is 0.493 e. The maximum atomic E-state index is 12.0. The number of amides is 3. The molecule has 0 heterocycles. The van der Waals surface area contributed by atoms with E-state index in [-0.39, 0.29) is 6.42 Å². The van der Waals surface area contributed by atoms with E-state index in [9.17, 15) is 14.4 Å². The fourth-order valence-electron chi connectivity index (χ4n) is 2.25. The van der Waals surface area contributed by atoms with Crippen LogP contribution in [0.15, 0.2) is 12.1 Å². The second kappa shape index (κ2) is 10.9. The number of esters is 1. The molecule has 0 fully saturated rings. The minimum Gasteiger partial charge on any atom is -0.493 e. The number of ether oxygens (including phenoxy) is 4. The number of carbonyl (C=O) groups is 3. The Labute approximate surface area is 158 Å². The quantitative estimate of drug-likeness (QED) is 0.621. The lowest BCUT2D eigenvalue weighted by molar-refractivity contribution is -0.154. The number of imide groups is 1. The van der Waals surface area contributed by atoms with Crippen LogP contribution >= 0.6 is 0 Å². The zero-order valence-electron chi connectivity index (χ0n) is 16.2. The predicted molar refractivity (Wildman–Crippen MR) is 97.2 cm³/mol. The van der Waals surface area contributed by atoms with E-state index >= 15 is 0 Å². The Kier molecular flexibility index (Phi) is 8.91. The third kappa shape index (κ3) is 6.69. The molecular formula is C18H26N2O7. The summed E-state index contributed by atoms with van der Waals surface area (Å²) in [7, 11) is 4.51. The molecule has 0 aliphatic carbocycles. The van der Waals surface area contributed by atoms with Crippen LogP contribution in [-0.2, 0) is 20.7 Å². The van der Waals surface area contributed by atoms with E-state index < -0.39 is 24.0 Å². The van der Waals surface area contributed by atoms with Crippen LogP contribution < -0.4 is 24.8 Å². The Morgan fingerprint density at radius 1 is 1.04 bits per heavy atom. The highest BCUT2D eigenvalue weighted by Gasteiger charge is 2.20. The molecule has 9 nitrogen and oxygen atoms in total. The lowest BCUT2D eigenvalue weighted by Crippen LogP contribution is -2.44. The predicted octanol–water partition coefficient (Wildman–Crippen LogP) is 1.42. The van der Waals surface area contributed by atoms with Gasteiger partial charge in [-0.2, -0.15) is 0 Å². The monoisotopic (exact) mass is 382 g/mol. The molecule has 2 N–H and O–H groups in total. The van der Waals surface area contributed by atoms with E-state index in [0.29, 0.717) is 30.2 Å². The third-order valence-corrected chi connectivity index (χ3v) is 3.59. The van der Waals surface area contributed by atoms with Gasteiger partial charge in [-0.1, -0.05) is 0 Å². The van der Waals surface area contributed by atoms with E-state index in [1.54, 1.807) is 19.1 Å². The van der Waals surface area contributed by atoms with Gasteiger partial charge in [-0.15, -0.1) is 0 Å². The van der Waals surface area contributed by atoms with Crippen LogP contribution in [0, 0.1) is 0 Å². The number of benzene rings is 1. The average molecular weight is 382 g/mol. The molecule has 0 aromatic heterocycles. The van der Waals surface area contributed by atoms with Crippen LogP contribution in [0.1, 0.15) is 25.8 Å². The average Bonchev–Trinajstić information content (AvgIpc) is 2.65. The van der Waals surface area contributed by atoms with Crippen LogP contribution in [0.5, 0.6) is 17.2 Å². The molecule has 1 atom stereocenters. The molecule has 0 aliphatic heterocycles. The number of aryl methyl sites for hydroxylation is 1. The fraction of sp³-hybridized carbons (Fsp3) is 0.500. The van der Waals surface area contributed by atoms with Gasteiger partial charge in [-0.05, 0) is 38.0 Å². The Morgan fingerprint density at radius 3 is 2.11 bits per heavy atom. The third-order valence-electron chi connectivity index (χ3n) is 3.59. The molecule has 1 aromatic carbocycles. The molecule has 150 valence electrons. The Balaban J connectivity index is 2.64. The van der Waals surface area contributed by atoms with Crippen molar-refractivity contribution in [2.24, 2.45) is 0 Å². The van der Waals surface area contributed by atoms with Crippen molar-refractivity contribution in [1.29, 1.82) is 0 Å². The van der Waals surface area contributed by atoms with Crippen molar-refractivity contribution in [1.82, 2.24) is 10.6 Å². The number of nitrogens with one attached hydrogen (secondary N) is 2. The summed E-state index contributed by atoms with van der Waals surface area (Å²) in [5, 5.41) is 4.51. The Hall–Kier alpha value is -2.97. The van der Waals surface area contributed by atoms with Gasteiger partial charge < -0.3 is 24.3 Å². The van der Waals surface area contributed by atoms with Crippen molar-refractivity contribution in [3.63, 3.8) is 0 Å². The summed E-state index contributed by atoms with van der Waals surface area (Å²) in [4.78, 5) is 35.1. The SMILES string of the molecule is CCNC(=O)NC(=O)C(C)OC(=O)CCc1cc(OC)c(OC)c(OC)c1. The number of hydrogen-bond donors (Lipinski definition) is 2. The van der Waals surface area contributed by atoms with Crippen LogP contribution in [0.3, 0.4) is 0 Å². The molecule has 1 unspecified atom stereocenters. The zero-order valence-corrected chi connectivity index (χ0v) is 16.2. The topological polar surface area (TPSA) is 112 Å². The van der Waals surface area contributed by atoms with Crippen molar-refractivity contribution in [3.8, 4) is 17.2 Å². The lowest BCUT2D eigenvalue weighted by atomic mass is 10.1. The number of urea groups is 1. The summed E-state index contributed by atoms with van der Waals surface area (Å²) < 4.78 is 20.8. The second-order valence-electron chi connectivity index (χ2n) is 5.51. The minimum atomic E-state index is -1.08. The lowest BCUT2D eigenvalue weighted by Gasteiger charge is -2.15. The molecule has 0 saturated carbocycles. The highest BCUT2D eigenvalue weighted by molar-refractivity contribution is 5.97. The van der Waals surface area contributed by atoms with E-state index in [1.807, 2.05) is 0 Å². The van der Waals surface area contributed by atoms with Crippen LogP contribution in [0.2, 0.25) is 0 Å². The first-order valence-corrected chi connectivity index (χ1v) is 8.43. The van der Waals surface area contributed by atoms with Crippen molar-refractivity contribution < 1.29 is 33.3 Å². The summed E-state index contributed by atoms with van der Waals surface area (Å²) >= 11 is 0. The van der Waals surface area contributed by atoms with E-state index in [0.717, 1.165) is 5.56 Å². The van der Waals surface area contributed by atoms with Gasteiger partial charge in [0.05, 0.1) is 21.3 Å². The van der Waals surface area contributed by atoms with Gasteiger partial charge in [0.25, 0.3) is 5.91 Å². The first-order chi connectivity index (χ1) is 12.9. The van der Waals surface area contributed by atoms with Crippen LogP contribution in [0.4, 0.5) is 4.79 Å². The summed E-state index contributed by atoms with van der Waals surface area (Å²) in [5.74, 6) is 0.163. The smallest absolute Gasteiger partial charge is 0.321 e. The maximum Gasteiger partial charge on any atom is 0.321 e. The molecule has 0 radical (unpaired) electrons. The standard InChI is InChI=1S/C18H26N2O7/c1-6-19-18(23)20-17(22)11(2)27-15(21)8-7-12-9-13(24-3)16(26-5)14(10-12)25-4/h9-11H,6-8H2,1-5H3,(H2,19,20,22,23). The van der Waals surface area contributed by atoms with Crippen molar-refractivity contribution in [2.75, 3.05) is 27.9 Å². The molecule has 0 saturated heterocycles. The molecule has 3 amide bonds. The first-order valence-electron chi connectivity index (χ1n) is 8.43. The minimum absolute atomic E-state index is 0.0391. The zero-order chi connectivity index (χ0) is 20.4. The molecule has 0 bridgehead atoms. The Bertz CT molecular complexity index is 651. The number of rotatable bonds is 9. The molecule has 1 rings (SSSR count). The van der Waals surface area contributed by atoms with Gasteiger partial charge in [0.2, 0.25) is 5.75 Å². The number of hydrogen-bond acceptors (Lipinski definition) is 7. The normalized spacial score (nSPS) is 11.1. The molecule has 9 heteroatoms. The molecule has 0 aliphatic rings. The first kappa shape index (κ1) is 22.1. The van der Waals surface area contributed by atoms with Crippen LogP contribution in [-0.4, -0.2) is 51.9 Å². The van der Waals surface area contributed by atoms with E-state index in [4.69, 9.17) is 18.9 Å². The van der Waals surface area contributed by atoms with E-state index in [2.05, 4.69) is 10.6 Å². The second-order valence-corrected chi connectivity index (χ2v) is 5.51. The summed E-state index contributed by atoms with van der Waals surface area (Å²) in [5.41, 5.74) is 0.779. The highest BCUT2D eigenvalue weighted by atomic mass is 16.5. The van der Waals surface area contributed by atoms with Crippen molar-refractivity contribution in [2.45, 2.75) is 32.8 Å². The van der Waals surface area contributed by atoms with Crippen molar-refractivity contribution in [3.05, 3.63) is 17.7 Å². The van der Waals surface area contributed by atoms with Gasteiger partial charge in [-0.25, -0.2) is 4.79 Å². The Morgan fingerprint density at radius 2 is 1.63 bits per heavy atom. The van der Waals surface area contributed by atoms with Gasteiger partial charge in [0.1, 0.15) is 0 Å². The van der Waals surface area contributed by atoms with Gasteiger partial charge >= 0.3 is 12.0 Å². The molecule has 1 aromatic rings. The van der Waals surface area contributed by atoms with Gasteiger partial charge in [0.15, 0.2) is 17.6 Å². The number of methoxy groups -OCH3 is 3. The fourth-order valence-corrected chi connectivity index (χ4v) is 2.25. The summed E-state index contributed by atoms with van der Waals surface area (Å²) in [6.07, 6.45) is -0.697. The molecular weight excluding hydrogens is 356 g/mol.